The van der Waals surface area contributed by atoms with Crippen LogP contribution < -0.4 is 14.8 Å². The Morgan fingerprint density at radius 2 is 1.87 bits per heavy atom. The molecule has 1 heterocycles. The fourth-order valence-corrected chi connectivity index (χ4v) is 4.60. The number of hydrogen-bond donors (Lipinski definition) is 1. The summed E-state index contributed by atoms with van der Waals surface area (Å²) >= 11 is 6.33. The molecular formula is C23H30ClNO4Si. The van der Waals surface area contributed by atoms with Crippen LogP contribution in [0.5, 0.6) is 11.5 Å². The van der Waals surface area contributed by atoms with Crippen molar-refractivity contribution >= 4 is 31.5 Å². The zero-order valence-corrected chi connectivity index (χ0v) is 20.0. The average molecular weight is 448 g/mol. The molecule has 0 saturated carbocycles. The summed E-state index contributed by atoms with van der Waals surface area (Å²) in [5.41, 5.74) is 2.41. The number of ether oxygens (including phenoxy) is 2. The molecule has 5 nitrogen and oxygen atoms in total. The molecule has 1 aliphatic rings. The number of carbonyl (C=O) groups is 1. The number of anilines is 1. The Balaban J connectivity index is 1.92. The van der Waals surface area contributed by atoms with Crippen LogP contribution in [0.2, 0.25) is 18.1 Å². The lowest BCUT2D eigenvalue weighted by atomic mass is 10.1. The van der Waals surface area contributed by atoms with Gasteiger partial charge in [0.2, 0.25) is 0 Å². The minimum absolute atomic E-state index is 0.0444. The average Bonchev–Trinajstić information content (AvgIpc) is 2.70. The van der Waals surface area contributed by atoms with Crippen LogP contribution in [0.1, 0.15) is 38.0 Å². The molecule has 1 aliphatic heterocycles. The van der Waals surface area contributed by atoms with Crippen molar-refractivity contribution in [2.24, 2.45) is 0 Å². The Morgan fingerprint density at radius 3 is 2.50 bits per heavy atom. The highest BCUT2D eigenvalue weighted by Crippen LogP contribution is 2.46. The zero-order valence-electron chi connectivity index (χ0n) is 18.3. The number of nitrogens with one attached hydrogen (secondary N) is 1. The van der Waals surface area contributed by atoms with E-state index in [1.54, 1.807) is 0 Å². The van der Waals surface area contributed by atoms with Gasteiger partial charge in [-0.15, -0.1) is 11.6 Å². The molecule has 0 aliphatic carbocycles. The lowest BCUT2D eigenvalue weighted by Crippen LogP contribution is -2.42. The van der Waals surface area contributed by atoms with E-state index in [0.717, 1.165) is 11.1 Å². The third kappa shape index (κ3) is 4.99. The van der Waals surface area contributed by atoms with Crippen molar-refractivity contribution in [2.75, 3.05) is 17.8 Å². The van der Waals surface area contributed by atoms with E-state index in [4.69, 9.17) is 25.5 Å². The number of alkyl halides is 1. The largest absolute Gasteiger partial charge is 0.487 e. The van der Waals surface area contributed by atoms with Gasteiger partial charge in [-0.3, -0.25) is 4.79 Å². The van der Waals surface area contributed by atoms with E-state index in [1.807, 2.05) is 42.5 Å². The molecule has 1 N–H and O–H groups in total. The molecule has 0 radical (unpaired) electrons. The standard InChI is InChI=1S/C23H30ClNO4Si/c1-23(2,3)30(4,5)29-19(13-24)17-11-12-18(21-22(17)28-15-20(26)25-21)27-14-16-9-7-6-8-10-16/h6-12,19H,13-15H2,1-5H3,(H,25,26)/t19-/m0/s1. The molecule has 0 saturated heterocycles. The number of amides is 1. The number of hydrogen-bond acceptors (Lipinski definition) is 4. The Labute approximate surface area is 184 Å². The fraction of sp³-hybridized carbons (Fsp3) is 0.435. The highest BCUT2D eigenvalue weighted by atomic mass is 35.5. The normalized spacial score (nSPS) is 15.1. The fourth-order valence-electron chi connectivity index (χ4n) is 2.99. The summed E-state index contributed by atoms with van der Waals surface area (Å²) in [6.07, 6.45) is -0.334. The van der Waals surface area contributed by atoms with Gasteiger partial charge < -0.3 is 19.2 Å². The molecule has 0 unspecified atom stereocenters. The third-order valence-corrected chi connectivity index (χ3v) is 10.5. The molecule has 2 aromatic rings. The van der Waals surface area contributed by atoms with Crippen LogP contribution in [0, 0.1) is 0 Å². The van der Waals surface area contributed by atoms with Crippen LogP contribution >= 0.6 is 11.6 Å². The number of fused-ring (bicyclic) bond motifs is 1. The molecule has 2 aromatic carbocycles. The molecule has 30 heavy (non-hydrogen) atoms. The monoisotopic (exact) mass is 447 g/mol. The molecule has 1 amide bonds. The summed E-state index contributed by atoms with van der Waals surface area (Å²) < 4.78 is 18.4. The molecule has 162 valence electrons. The third-order valence-electron chi connectivity index (χ3n) is 5.73. The Kier molecular flexibility index (Phi) is 6.80. The zero-order chi connectivity index (χ0) is 21.9. The van der Waals surface area contributed by atoms with E-state index in [-0.39, 0.29) is 23.7 Å². The second-order valence-electron chi connectivity index (χ2n) is 8.99. The van der Waals surface area contributed by atoms with Gasteiger partial charge in [0, 0.05) is 5.56 Å². The second-order valence-corrected chi connectivity index (χ2v) is 14.1. The predicted octanol–water partition coefficient (Wildman–Crippen LogP) is 5.90. The lowest BCUT2D eigenvalue weighted by Gasteiger charge is -2.39. The molecule has 0 aromatic heterocycles. The number of benzene rings is 2. The van der Waals surface area contributed by atoms with E-state index < -0.39 is 8.32 Å². The van der Waals surface area contributed by atoms with Crippen molar-refractivity contribution in [1.82, 2.24) is 0 Å². The quantitative estimate of drug-likeness (QED) is 0.424. The van der Waals surface area contributed by atoms with Crippen LogP contribution in [0.4, 0.5) is 5.69 Å². The van der Waals surface area contributed by atoms with Gasteiger partial charge in [-0.1, -0.05) is 51.1 Å². The summed E-state index contributed by atoms with van der Waals surface area (Å²) in [7, 11) is -2.06. The van der Waals surface area contributed by atoms with Crippen molar-refractivity contribution in [1.29, 1.82) is 0 Å². The smallest absolute Gasteiger partial charge is 0.262 e. The van der Waals surface area contributed by atoms with E-state index in [0.29, 0.717) is 29.7 Å². The van der Waals surface area contributed by atoms with Crippen molar-refractivity contribution in [2.45, 2.75) is 51.6 Å². The maximum absolute atomic E-state index is 12.0. The lowest BCUT2D eigenvalue weighted by molar-refractivity contribution is -0.118. The molecule has 3 rings (SSSR count). The topological polar surface area (TPSA) is 56.8 Å². The number of carbonyl (C=O) groups excluding carboxylic acids is 1. The van der Waals surface area contributed by atoms with Gasteiger partial charge in [-0.25, -0.2) is 0 Å². The van der Waals surface area contributed by atoms with Gasteiger partial charge in [-0.2, -0.15) is 0 Å². The molecule has 0 fully saturated rings. The minimum atomic E-state index is -2.06. The van der Waals surface area contributed by atoms with Gasteiger partial charge in [0.25, 0.3) is 5.91 Å². The Hall–Kier alpha value is -2.02. The molecule has 1 atom stereocenters. The summed E-state index contributed by atoms with van der Waals surface area (Å²) in [6, 6.07) is 13.6. The Morgan fingerprint density at radius 1 is 1.17 bits per heavy atom. The molecule has 0 bridgehead atoms. The second kappa shape index (κ2) is 9.00. The maximum atomic E-state index is 12.0. The van der Waals surface area contributed by atoms with Crippen molar-refractivity contribution in [3.8, 4) is 11.5 Å². The molecular weight excluding hydrogens is 418 g/mol. The van der Waals surface area contributed by atoms with Gasteiger partial charge in [-0.05, 0) is 35.8 Å². The first-order valence-corrected chi connectivity index (χ1v) is 13.6. The highest BCUT2D eigenvalue weighted by molar-refractivity contribution is 6.74. The summed E-state index contributed by atoms with van der Waals surface area (Å²) in [5.74, 6) is 1.22. The SMILES string of the molecule is CC(C)(C)[Si](C)(C)O[C@@H](CCl)c1ccc(OCc2ccccc2)c2c1OCC(=O)N2. The van der Waals surface area contributed by atoms with Crippen molar-refractivity contribution in [3.05, 3.63) is 53.6 Å². The first-order chi connectivity index (χ1) is 14.1. The van der Waals surface area contributed by atoms with Crippen LogP contribution in [0.3, 0.4) is 0 Å². The molecule has 0 spiro atoms. The molecule has 7 heteroatoms. The first-order valence-electron chi connectivity index (χ1n) is 10.1. The summed E-state index contributed by atoms with van der Waals surface area (Å²) in [4.78, 5) is 12.0. The highest BCUT2D eigenvalue weighted by Gasteiger charge is 2.40. The minimum Gasteiger partial charge on any atom is -0.487 e. The van der Waals surface area contributed by atoms with Gasteiger partial charge >= 0.3 is 0 Å². The Bertz CT molecular complexity index is 896. The van der Waals surface area contributed by atoms with Gasteiger partial charge in [0.05, 0.1) is 12.0 Å². The van der Waals surface area contributed by atoms with E-state index in [1.165, 1.54) is 0 Å². The van der Waals surface area contributed by atoms with Crippen LogP contribution in [0.15, 0.2) is 42.5 Å². The van der Waals surface area contributed by atoms with Gasteiger partial charge in [0.15, 0.2) is 20.7 Å². The summed E-state index contributed by atoms with van der Waals surface area (Å²) in [5, 5.41) is 2.95. The van der Waals surface area contributed by atoms with Crippen molar-refractivity contribution in [3.63, 3.8) is 0 Å². The van der Waals surface area contributed by atoms with E-state index in [9.17, 15) is 4.79 Å². The van der Waals surface area contributed by atoms with Gasteiger partial charge in [0.1, 0.15) is 18.0 Å². The number of halogens is 1. The predicted molar refractivity (Wildman–Crippen MR) is 123 cm³/mol. The van der Waals surface area contributed by atoms with Crippen LogP contribution in [-0.4, -0.2) is 26.7 Å². The maximum Gasteiger partial charge on any atom is 0.262 e. The summed E-state index contributed by atoms with van der Waals surface area (Å²) in [6.45, 7) is 11.3. The van der Waals surface area contributed by atoms with Crippen LogP contribution in [-0.2, 0) is 15.8 Å². The van der Waals surface area contributed by atoms with Crippen molar-refractivity contribution < 1.29 is 18.7 Å². The van der Waals surface area contributed by atoms with Crippen LogP contribution in [0.25, 0.3) is 0 Å². The van der Waals surface area contributed by atoms with E-state index >= 15 is 0 Å². The first kappa shape index (κ1) is 22.7. The number of rotatable bonds is 7. The van der Waals surface area contributed by atoms with E-state index in [2.05, 4.69) is 39.2 Å².